The van der Waals surface area contributed by atoms with Gasteiger partial charge in [-0.2, -0.15) is 47.9 Å². The molecule has 0 N–H and O–H groups in total. The number of pyridine rings is 1. The van der Waals surface area contributed by atoms with E-state index in [1.54, 1.807) is 0 Å². The van der Waals surface area contributed by atoms with Gasteiger partial charge in [-0.05, 0) is 13.0 Å². The van der Waals surface area contributed by atoms with Crippen LogP contribution in [0.3, 0.4) is 0 Å². The highest BCUT2D eigenvalue weighted by Gasteiger charge is 2.86. The van der Waals surface area contributed by atoms with Crippen molar-refractivity contribution in [1.29, 1.82) is 0 Å². The molecule has 0 amide bonds. The maximum Gasteiger partial charge on any atom is 0.460 e. The van der Waals surface area contributed by atoms with Crippen molar-refractivity contribution in [2.24, 2.45) is 0 Å². The predicted octanol–water partition coefficient (Wildman–Crippen LogP) is 5.56. The van der Waals surface area contributed by atoms with Crippen molar-refractivity contribution in [3.05, 3.63) is 23.5 Å². The van der Waals surface area contributed by atoms with Crippen molar-refractivity contribution in [2.45, 2.75) is 56.4 Å². The highest BCUT2D eigenvalue weighted by molar-refractivity contribution is 7.88. The Bertz CT molecular complexity index is 981. The summed E-state index contributed by atoms with van der Waals surface area (Å²) in [6.45, 7) is 6.03. The minimum atomic E-state index is -7.42. The third-order valence-corrected chi connectivity index (χ3v) is 5.12. The molecule has 0 aromatic carbocycles. The minimum Gasteiger partial charge on any atom is -0.491 e. The molecular weight excluding hydrogens is 485 g/mol. The van der Waals surface area contributed by atoms with E-state index >= 15 is 0 Å². The van der Waals surface area contributed by atoms with Gasteiger partial charge in [-0.25, -0.2) is 4.98 Å². The number of alkyl halides is 9. The van der Waals surface area contributed by atoms with Gasteiger partial charge in [-0.1, -0.05) is 26.8 Å². The minimum absolute atomic E-state index is 0.114. The van der Waals surface area contributed by atoms with E-state index in [0.717, 1.165) is 7.11 Å². The normalized spacial score (nSPS) is 14.7. The molecule has 0 unspecified atom stereocenters. The number of rotatable bonds is 7. The molecule has 1 aromatic rings. The molecule has 5 nitrogen and oxygen atoms in total. The Balaban J connectivity index is 3.74. The molecule has 1 rings (SSSR count). The van der Waals surface area contributed by atoms with Crippen LogP contribution in [0.4, 0.5) is 39.5 Å². The fourth-order valence-corrected chi connectivity index (χ4v) is 3.15. The van der Waals surface area contributed by atoms with Gasteiger partial charge in [0.05, 0.1) is 18.5 Å². The first-order chi connectivity index (χ1) is 14.1. The van der Waals surface area contributed by atoms with Crippen LogP contribution >= 0.6 is 0 Å². The van der Waals surface area contributed by atoms with E-state index in [-0.39, 0.29) is 11.4 Å². The molecule has 0 fully saturated rings. The number of halogens is 9. The first kappa shape index (κ1) is 27.8. The molecule has 0 spiro atoms. The van der Waals surface area contributed by atoms with Crippen molar-refractivity contribution in [3.63, 3.8) is 0 Å². The number of methoxy groups -OCH3 is 1. The summed E-state index contributed by atoms with van der Waals surface area (Å²) in [4.78, 5) is 4.09. The number of hydrogen-bond acceptors (Lipinski definition) is 5. The Morgan fingerprint density at radius 2 is 1.44 bits per heavy atom. The summed E-state index contributed by atoms with van der Waals surface area (Å²) in [5.74, 6) is -16.6. The first-order valence-corrected chi connectivity index (χ1v) is 9.85. The summed E-state index contributed by atoms with van der Waals surface area (Å²) in [7, 11) is -6.23. The molecule has 0 aliphatic rings. The van der Waals surface area contributed by atoms with Gasteiger partial charge in [0, 0.05) is 11.5 Å². The van der Waals surface area contributed by atoms with E-state index in [1.807, 2.05) is 0 Å². The van der Waals surface area contributed by atoms with Crippen molar-refractivity contribution < 1.29 is 56.9 Å². The average molecular weight is 503 g/mol. The van der Waals surface area contributed by atoms with Gasteiger partial charge in [-0.15, -0.1) is 0 Å². The summed E-state index contributed by atoms with van der Waals surface area (Å²) in [6, 6.07) is 0.641. The fourth-order valence-electron chi connectivity index (χ4n) is 2.24. The lowest BCUT2D eigenvalue weighted by molar-refractivity contribution is -0.382. The van der Waals surface area contributed by atoms with Crippen molar-refractivity contribution in [3.8, 4) is 11.5 Å². The summed E-state index contributed by atoms with van der Waals surface area (Å²) in [5, 5.41) is -7.00. The van der Waals surface area contributed by atoms with E-state index < -0.39 is 50.3 Å². The van der Waals surface area contributed by atoms with Crippen LogP contribution in [0.2, 0.25) is 0 Å². The summed E-state index contributed by atoms with van der Waals surface area (Å²) >= 11 is 0. The summed E-state index contributed by atoms with van der Waals surface area (Å²) in [6.07, 6.45) is -4.60. The van der Waals surface area contributed by atoms with Crippen LogP contribution < -0.4 is 8.92 Å². The molecule has 0 radical (unpaired) electrons. The molecule has 184 valence electrons. The second kappa shape index (κ2) is 8.30. The molecule has 0 saturated heterocycles. The Hall–Kier alpha value is -2.19. The Labute approximate surface area is 177 Å². The molecule has 0 atom stereocenters. The zero-order valence-corrected chi connectivity index (χ0v) is 17.9. The standard InChI is InChI=1S/C17H18F9NO4S/c1-6-7-9-8-10(11(30-5)12(27-9)13(2,3)4)31-32(28,29)17(25,26)15(20,21)14(18,19)16(22,23)24/h6-8H,1-5H3/b7-6-. The smallest absolute Gasteiger partial charge is 0.460 e. The molecule has 0 aliphatic heterocycles. The van der Waals surface area contributed by atoms with E-state index in [0.29, 0.717) is 6.07 Å². The Morgan fingerprint density at radius 1 is 0.938 bits per heavy atom. The first-order valence-electron chi connectivity index (χ1n) is 8.45. The predicted molar refractivity (Wildman–Crippen MR) is 94.6 cm³/mol. The molecule has 1 heterocycles. The van der Waals surface area contributed by atoms with Crippen molar-refractivity contribution in [2.75, 3.05) is 7.11 Å². The van der Waals surface area contributed by atoms with E-state index in [1.165, 1.54) is 39.8 Å². The molecular formula is C17H18F9NO4S. The SMILES string of the molecule is C/C=C\c1cc(OS(=O)(=O)C(F)(F)C(F)(F)C(F)(F)C(F)(F)F)c(OC)c(C(C)(C)C)n1. The van der Waals surface area contributed by atoms with Gasteiger partial charge in [-0.3, -0.25) is 0 Å². The van der Waals surface area contributed by atoms with Crippen LogP contribution in [0.1, 0.15) is 39.1 Å². The van der Waals surface area contributed by atoms with Gasteiger partial charge in [0.1, 0.15) is 0 Å². The number of allylic oxidation sites excluding steroid dienone is 1. The van der Waals surface area contributed by atoms with Crippen molar-refractivity contribution in [1.82, 2.24) is 4.98 Å². The Morgan fingerprint density at radius 3 is 1.81 bits per heavy atom. The highest BCUT2D eigenvalue weighted by Crippen LogP contribution is 2.55. The lowest BCUT2D eigenvalue weighted by Crippen LogP contribution is -2.63. The molecule has 32 heavy (non-hydrogen) atoms. The number of aromatic nitrogens is 1. The maximum atomic E-state index is 14.0. The van der Waals surface area contributed by atoms with E-state index in [9.17, 15) is 47.9 Å². The van der Waals surface area contributed by atoms with Gasteiger partial charge >= 0.3 is 33.4 Å². The van der Waals surface area contributed by atoms with Gasteiger partial charge in [0.2, 0.25) is 0 Å². The maximum absolute atomic E-state index is 14.0. The highest BCUT2D eigenvalue weighted by atomic mass is 32.2. The van der Waals surface area contributed by atoms with E-state index in [2.05, 4.69) is 9.17 Å². The zero-order chi connectivity index (χ0) is 25.6. The quantitative estimate of drug-likeness (QED) is 0.361. The van der Waals surface area contributed by atoms with Crippen LogP contribution in [0, 0.1) is 0 Å². The Kier molecular flexibility index (Phi) is 7.22. The molecule has 0 bridgehead atoms. The third kappa shape index (κ3) is 4.62. The monoisotopic (exact) mass is 503 g/mol. The summed E-state index contributed by atoms with van der Waals surface area (Å²) < 4.78 is 151. The molecule has 15 heteroatoms. The van der Waals surface area contributed by atoms with Gasteiger partial charge < -0.3 is 8.92 Å². The molecule has 0 saturated carbocycles. The second-order valence-electron chi connectivity index (χ2n) is 7.38. The van der Waals surface area contributed by atoms with Crippen LogP contribution in [0.25, 0.3) is 6.08 Å². The molecule has 1 aromatic heterocycles. The third-order valence-electron chi connectivity index (χ3n) is 3.84. The number of nitrogens with zero attached hydrogens (tertiary/aromatic N) is 1. The zero-order valence-electron chi connectivity index (χ0n) is 17.1. The lowest BCUT2D eigenvalue weighted by atomic mass is 9.90. The van der Waals surface area contributed by atoms with Gasteiger partial charge in [0.15, 0.2) is 11.5 Å². The van der Waals surface area contributed by atoms with E-state index in [4.69, 9.17) is 4.74 Å². The van der Waals surface area contributed by atoms with Gasteiger partial charge in [0.25, 0.3) is 0 Å². The molecule has 0 aliphatic carbocycles. The van der Waals surface area contributed by atoms with Crippen LogP contribution in [-0.4, -0.2) is 43.8 Å². The topological polar surface area (TPSA) is 65.5 Å². The second-order valence-corrected chi connectivity index (χ2v) is 8.97. The largest absolute Gasteiger partial charge is 0.491 e. The van der Waals surface area contributed by atoms with Crippen LogP contribution in [0.15, 0.2) is 12.1 Å². The lowest BCUT2D eigenvalue weighted by Gasteiger charge is -2.32. The average Bonchev–Trinajstić information content (AvgIpc) is 2.59. The van der Waals surface area contributed by atoms with Crippen molar-refractivity contribution >= 4 is 16.2 Å². The number of ether oxygens (including phenoxy) is 1. The van der Waals surface area contributed by atoms with Crippen LogP contribution in [-0.2, 0) is 15.5 Å². The fraction of sp³-hybridized carbons (Fsp3) is 0.588. The number of hydrogen-bond donors (Lipinski definition) is 0. The van der Waals surface area contributed by atoms with Crippen LogP contribution in [0.5, 0.6) is 11.5 Å². The summed E-state index contributed by atoms with van der Waals surface area (Å²) in [5.41, 5.74) is -1.23.